The molecule has 1 N–H and O–H groups in total. The van der Waals surface area contributed by atoms with Crippen molar-refractivity contribution in [1.82, 2.24) is 9.88 Å². The van der Waals surface area contributed by atoms with Gasteiger partial charge in [0.15, 0.2) is 0 Å². The fourth-order valence-corrected chi connectivity index (χ4v) is 5.20. The number of nitrogens with one attached hydrogen (secondary N) is 1. The number of hydrogen-bond acceptors (Lipinski definition) is 3. The van der Waals surface area contributed by atoms with Gasteiger partial charge in [-0.2, -0.15) is 0 Å². The Kier molecular flexibility index (Phi) is 4.70. The summed E-state index contributed by atoms with van der Waals surface area (Å²) in [5, 5.41) is 1.28. The van der Waals surface area contributed by atoms with Crippen molar-refractivity contribution in [3.8, 4) is 5.75 Å². The van der Waals surface area contributed by atoms with E-state index in [1.807, 2.05) is 6.26 Å². The minimum absolute atomic E-state index is 0.462. The summed E-state index contributed by atoms with van der Waals surface area (Å²) in [6, 6.07) is 6.78. The van der Waals surface area contributed by atoms with Crippen molar-refractivity contribution in [2.75, 3.05) is 27.3 Å². The first kappa shape index (κ1) is 17.5. The number of rotatable bonds is 4. The molecule has 2 aliphatic heterocycles. The van der Waals surface area contributed by atoms with Gasteiger partial charge in [0.1, 0.15) is 5.75 Å². The Morgan fingerprint density at radius 1 is 1.35 bits per heavy atom. The first-order chi connectivity index (χ1) is 12.7. The maximum Gasteiger partial charge on any atom is 0.128 e. The van der Waals surface area contributed by atoms with Gasteiger partial charge >= 0.3 is 0 Å². The highest BCUT2D eigenvalue weighted by molar-refractivity contribution is 5.91. The number of aromatic amines is 1. The first-order valence-corrected chi connectivity index (χ1v) is 9.78. The molecule has 4 heteroatoms. The van der Waals surface area contributed by atoms with Crippen LogP contribution in [0.25, 0.3) is 10.9 Å². The van der Waals surface area contributed by atoms with Gasteiger partial charge in [-0.05, 0) is 54.9 Å². The molecule has 140 valence electrons. The smallest absolute Gasteiger partial charge is 0.128 e. The topological polar surface area (TPSA) is 37.5 Å². The van der Waals surface area contributed by atoms with E-state index in [2.05, 4.69) is 41.9 Å². The lowest BCUT2D eigenvalue weighted by atomic mass is 9.74. The number of hydrogen-bond donors (Lipinski definition) is 1. The van der Waals surface area contributed by atoms with Crippen LogP contribution in [0.4, 0.5) is 0 Å². The summed E-state index contributed by atoms with van der Waals surface area (Å²) in [6.45, 7) is 6.86. The number of methoxy groups -OCH3 is 2. The zero-order valence-electron chi connectivity index (χ0n) is 16.3. The van der Waals surface area contributed by atoms with Crippen LogP contribution in [0, 0.1) is 11.8 Å². The minimum atomic E-state index is 0.462. The molecule has 2 aromatic rings. The Bertz CT molecular complexity index is 823. The summed E-state index contributed by atoms with van der Waals surface area (Å²) in [5.41, 5.74) is 5.44. The quantitative estimate of drug-likeness (QED) is 0.811. The summed E-state index contributed by atoms with van der Waals surface area (Å²) in [4.78, 5) is 6.43. The van der Waals surface area contributed by atoms with Crippen LogP contribution in [0.5, 0.6) is 5.75 Å². The average molecular weight is 354 g/mol. The van der Waals surface area contributed by atoms with Crippen molar-refractivity contribution in [3.63, 3.8) is 0 Å². The first-order valence-electron chi connectivity index (χ1n) is 9.78. The zero-order chi connectivity index (χ0) is 18.3. The highest BCUT2D eigenvalue weighted by Crippen LogP contribution is 2.46. The van der Waals surface area contributed by atoms with Gasteiger partial charge in [-0.15, -0.1) is 0 Å². The molecule has 0 unspecified atom stereocenters. The Balaban J connectivity index is 1.75. The van der Waals surface area contributed by atoms with Gasteiger partial charge in [-0.25, -0.2) is 0 Å². The molecule has 3 heterocycles. The normalized spacial score (nSPS) is 26.5. The van der Waals surface area contributed by atoms with Crippen molar-refractivity contribution in [2.45, 2.75) is 39.2 Å². The number of allylic oxidation sites excluding steroid dienone is 1. The van der Waals surface area contributed by atoms with Crippen LogP contribution in [-0.4, -0.2) is 37.2 Å². The Hall–Kier alpha value is -1.94. The van der Waals surface area contributed by atoms with Crippen LogP contribution < -0.4 is 4.74 Å². The predicted molar refractivity (Wildman–Crippen MR) is 106 cm³/mol. The highest BCUT2D eigenvalue weighted by Gasteiger charge is 2.40. The van der Waals surface area contributed by atoms with Crippen LogP contribution >= 0.6 is 0 Å². The molecule has 0 spiro atoms. The third-order valence-electron chi connectivity index (χ3n) is 6.49. The molecule has 0 aliphatic carbocycles. The van der Waals surface area contributed by atoms with Crippen molar-refractivity contribution in [2.24, 2.45) is 11.8 Å². The monoisotopic (exact) mass is 354 g/mol. The van der Waals surface area contributed by atoms with Crippen molar-refractivity contribution < 1.29 is 9.47 Å². The number of H-pyrrole nitrogens is 1. The van der Waals surface area contributed by atoms with Gasteiger partial charge in [0.05, 0.1) is 26.5 Å². The van der Waals surface area contributed by atoms with Gasteiger partial charge in [-0.3, -0.25) is 4.90 Å². The standard InChI is InChI=1S/C22H30N2O2/c1-5-15-12-24-10-9-16-21-18(7-6-8-20(21)26-4)23-22(16)19(24)11-17(15)14(2)13-25-3/h6-8,13,15,17,19,23H,5,9-12H2,1-4H3/b14-13-/t15-,17-,19+/m1/s1. The van der Waals surface area contributed by atoms with Gasteiger partial charge in [0.25, 0.3) is 0 Å². The summed E-state index contributed by atoms with van der Waals surface area (Å²) >= 11 is 0. The lowest BCUT2D eigenvalue weighted by Gasteiger charge is -2.46. The lowest BCUT2D eigenvalue weighted by Crippen LogP contribution is -2.46. The summed E-state index contributed by atoms with van der Waals surface area (Å²) < 4.78 is 11.0. The summed E-state index contributed by atoms with van der Waals surface area (Å²) in [6.07, 6.45) is 5.42. The maximum absolute atomic E-state index is 5.65. The van der Waals surface area contributed by atoms with E-state index in [0.29, 0.717) is 17.9 Å². The van der Waals surface area contributed by atoms with Crippen LogP contribution in [0.2, 0.25) is 0 Å². The van der Waals surface area contributed by atoms with Crippen LogP contribution in [0.3, 0.4) is 0 Å². The van der Waals surface area contributed by atoms with E-state index in [0.717, 1.165) is 25.1 Å². The van der Waals surface area contributed by atoms with Gasteiger partial charge in [0, 0.05) is 29.7 Å². The SMILES string of the molecule is CC[C@@H]1CN2CCc3c([nH]c4cccc(OC)c34)[C@@H]2C[C@@H]1/C(C)=C\OC. The second-order valence-electron chi connectivity index (χ2n) is 7.77. The molecular weight excluding hydrogens is 324 g/mol. The molecule has 0 bridgehead atoms. The van der Waals surface area contributed by atoms with E-state index in [1.165, 1.54) is 40.7 Å². The minimum Gasteiger partial charge on any atom is -0.504 e. The number of nitrogens with zero attached hydrogens (tertiary/aromatic N) is 1. The van der Waals surface area contributed by atoms with E-state index in [1.54, 1.807) is 14.2 Å². The molecule has 4 rings (SSSR count). The highest BCUT2D eigenvalue weighted by atomic mass is 16.5. The number of benzene rings is 1. The molecule has 4 nitrogen and oxygen atoms in total. The Morgan fingerprint density at radius 3 is 2.92 bits per heavy atom. The average Bonchev–Trinajstić information content (AvgIpc) is 3.06. The zero-order valence-corrected chi connectivity index (χ0v) is 16.3. The van der Waals surface area contributed by atoms with Gasteiger partial charge in [-0.1, -0.05) is 19.4 Å². The third kappa shape index (κ3) is 2.71. The maximum atomic E-state index is 5.65. The number of fused-ring (bicyclic) bond motifs is 5. The number of ether oxygens (including phenoxy) is 2. The van der Waals surface area contributed by atoms with Crippen LogP contribution in [0.15, 0.2) is 30.0 Å². The van der Waals surface area contributed by atoms with Gasteiger partial charge in [0.2, 0.25) is 0 Å². The number of aromatic nitrogens is 1. The molecule has 2 aliphatic rings. The second-order valence-corrected chi connectivity index (χ2v) is 7.77. The van der Waals surface area contributed by atoms with E-state index < -0.39 is 0 Å². The molecule has 0 saturated carbocycles. The van der Waals surface area contributed by atoms with Crippen LogP contribution in [0.1, 0.15) is 44.0 Å². The van der Waals surface area contributed by atoms with E-state index in [-0.39, 0.29) is 0 Å². The third-order valence-corrected chi connectivity index (χ3v) is 6.49. The second kappa shape index (κ2) is 6.99. The fraction of sp³-hybridized carbons (Fsp3) is 0.545. The largest absolute Gasteiger partial charge is 0.504 e. The fourth-order valence-electron chi connectivity index (χ4n) is 5.20. The van der Waals surface area contributed by atoms with Crippen molar-refractivity contribution in [1.29, 1.82) is 0 Å². The molecular formula is C22H30N2O2. The molecule has 26 heavy (non-hydrogen) atoms. The predicted octanol–water partition coefficient (Wildman–Crippen LogP) is 4.67. The molecule has 1 aromatic carbocycles. The van der Waals surface area contributed by atoms with Gasteiger partial charge < -0.3 is 14.5 Å². The number of piperidine rings is 1. The van der Waals surface area contributed by atoms with Crippen molar-refractivity contribution in [3.05, 3.63) is 41.3 Å². The Labute approximate surface area is 156 Å². The molecule has 3 atom stereocenters. The Morgan fingerprint density at radius 2 is 2.19 bits per heavy atom. The van der Waals surface area contributed by atoms with E-state index in [9.17, 15) is 0 Å². The molecule has 1 fully saturated rings. The van der Waals surface area contributed by atoms with E-state index in [4.69, 9.17) is 9.47 Å². The summed E-state index contributed by atoms with van der Waals surface area (Å²) in [5.74, 6) is 2.28. The van der Waals surface area contributed by atoms with E-state index >= 15 is 0 Å². The van der Waals surface area contributed by atoms with Crippen LogP contribution in [-0.2, 0) is 11.2 Å². The molecule has 0 amide bonds. The van der Waals surface area contributed by atoms with Crippen molar-refractivity contribution >= 4 is 10.9 Å². The molecule has 1 aromatic heterocycles. The lowest BCUT2D eigenvalue weighted by molar-refractivity contribution is 0.0625. The summed E-state index contributed by atoms with van der Waals surface area (Å²) in [7, 11) is 3.52. The molecule has 1 saturated heterocycles. The molecule has 0 radical (unpaired) electrons.